The summed E-state index contributed by atoms with van der Waals surface area (Å²) in [5.74, 6) is 0.601. The van der Waals surface area contributed by atoms with E-state index in [0.717, 1.165) is 40.4 Å². The molecule has 2 aliphatic rings. The highest BCUT2D eigenvalue weighted by atomic mass is 16.5. The van der Waals surface area contributed by atoms with E-state index in [9.17, 15) is 4.79 Å². The number of hydrogen-bond donors (Lipinski definition) is 1. The lowest BCUT2D eigenvalue weighted by Crippen LogP contribution is -2.35. The maximum absolute atomic E-state index is 13.1. The van der Waals surface area contributed by atoms with Gasteiger partial charge in [-0.05, 0) is 93.3 Å². The van der Waals surface area contributed by atoms with E-state index < -0.39 is 0 Å². The van der Waals surface area contributed by atoms with Crippen molar-refractivity contribution < 1.29 is 9.53 Å². The van der Waals surface area contributed by atoms with Crippen LogP contribution in [-0.4, -0.2) is 43.0 Å². The first-order valence-electron chi connectivity index (χ1n) is 11.1. The Morgan fingerprint density at radius 2 is 1.97 bits per heavy atom. The van der Waals surface area contributed by atoms with E-state index in [1.54, 1.807) is 19.4 Å². The summed E-state index contributed by atoms with van der Waals surface area (Å²) in [5.41, 5.74) is 4.25. The molecule has 1 amide bonds. The average Bonchev–Trinajstić information content (AvgIpc) is 3.57. The number of amides is 1. The first-order chi connectivity index (χ1) is 15.5. The molecule has 2 fully saturated rings. The van der Waals surface area contributed by atoms with Crippen LogP contribution in [0.4, 0.5) is 0 Å². The van der Waals surface area contributed by atoms with Crippen LogP contribution in [0.25, 0.3) is 17.0 Å². The molecular weight excluding hydrogens is 398 g/mol. The number of pyridine rings is 1. The van der Waals surface area contributed by atoms with E-state index >= 15 is 0 Å². The Hall–Kier alpha value is -3.18. The summed E-state index contributed by atoms with van der Waals surface area (Å²) in [6.07, 6.45) is 6.84. The van der Waals surface area contributed by atoms with Gasteiger partial charge >= 0.3 is 0 Å². The number of nitrogens with zero attached hydrogens (tertiary/aromatic N) is 2. The third kappa shape index (κ3) is 4.53. The van der Waals surface area contributed by atoms with Gasteiger partial charge in [-0.1, -0.05) is 24.8 Å². The highest BCUT2D eigenvalue weighted by Crippen LogP contribution is 2.48. The minimum atomic E-state index is -0.354. The predicted molar refractivity (Wildman–Crippen MR) is 130 cm³/mol. The van der Waals surface area contributed by atoms with E-state index in [2.05, 4.69) is 41.0 Å². The SMILES string of the molecule is C=Cc1cc(C2(NC(=O)c3cc(OC)ccc3C)CC2)c2cccnc2c1.CN1CCC1. The third-order valence-corrected chi connectivity index (χ3v) is 6.37. The first-order valence-corrected chi connectivity index (χ1v) is 11.1. The summed E-state index contributed by atoms with van der Waals surface area (Å²) in [5, 5.41) is 4.35. The van der Waals surface area contributed by atoms with Crippen molar-refractivity contribution in [3.63, 3.8) is 0 Å². The zero-order valence-electron chi connectivity index (χ0n) is 19.1. The molecule has 3 aromatic rings. The molecule has 0 spiro atoms. The number of fused-ring (bicyclic) bond motifs is 1. The summed E-state index contributed by atoms with van der Waals surface area (Å²) >= 11 is 0. The smallest absolute Gasteiger partial charge is 0.252 e. The Labute approximate surface area is 190 Å². The standard InChI is InChI=1S/C23H22N2O2.C4H9N/c1-4-16-12-20(18-6-5-11-24-21(18)13-16)23(9-10-23)25-22(26)19-14-17(27-3)8-7-15(19)2;1-5-3-2-4-5/h4-8,11-14H,1,9-10H2,2-3H3,(H,25,26);2-4H2,1H3. The number of carbonyl (C=O) groups excluding carboxylic acids is 1. The van der Waals surface area contributed by atoms with Crippen molar-refractivity contribution in [2.75, 3.05) is 27.2 Å². The zero-order valence-corrected chi connectivity index (χ0v) is 19.1. The van der Waals surface area contributed by atoms with Crippen molar-refractivity contribution in [2.45, 2.75) is 31.7 Å². The van der Waals surface area contributed by atoms with E-state index in [1.807, 2.05) is 37.3 Å². The van der Waals surface area contributed by atoms with Crippen LogP contribution < -0.4 is 10.1 Å². The molecule has 5 rings (SSSR count). The van der Waals surface area contributed by atoms with Crippen LogP contribution in [0.15, 0.2) is 55.2 Å². The van der Waals surface area contributed by atoms with Crippen LogP contribution in [0.1, 0.15) is 46.3 Å². The Balaban J connectivity index is 0.000000433. The largest absolute Gasteiger partial charge is 0.497 e. The lowest BCUT2D eigenvalue weighted by atomic mass is 9.95. The van der Waals surface area contributed by atoms with Gasteiger partial charge < -0.3 is 15.0 Å². The lowest BCUT2D eigenvalue weighted by molar-refractivity contribution is 0.0930. The van der Waals surface area contributed by atoms with Crippen LogP contribution in [0.2, 0.25) is 0 Å². The fourth-order valence-electron chi connectivity index (χ4n) is 4.04. The number of aromatic nitrogens is 1. The van der Waals surface area contributed by atoms with Crippen LogP contribution in [0.3, 0.4) is 0 Å². The molecule has 5 nitrogen and oxygen atoms in total. The molecule has 2 heterocycles. The van der Waals surface area contributed by atoms with E-state index in [-0.39, 0.29) is 11.4 Å². The van der Waals surface area contributed by atoms with Crippen LogP contribution in [0.5, 0.6) is 5.75 Å². The molecule has 0 bridgehead atoms. The maximum atomic E-state index is 13.1. The highest BCUT2D eigenvalue weighted by molar-refractivity contribution is 5.97. The minimum absolute atomic E-state index is 0.0788. The van der Waals surface area contributed by atoms with Gasteiger partial charge in [0.05, 0.1) is 18.2 Å². The number of carbonyl (C=O) groups is 1. The molecule has 1 aliphatic carbocycles. The Morgan fingerprint density at radius 3 is 2.56 bits per heavy atom. The maximum Gasteiger partial charge on any atom is 0.252 e. The Bertz CT molecular complexity index is 1150. The fraction of sp³-hybridized carbons (Fsp3) is 0.333. The van der Waals surface area contributed by atoms with Gasteiger partial charge in [-0.3, -0.25) is 9.78 Å². The monoisotopic (exact) mass is 429 g/mol. The predicted octanol–water partition coefficient (Wildman–Crippen LogP) is 4.94. The number of rotatable bonds is 5. The van der Waals surface area contributed by atoms with E-state index in [4.69, 9.17) is 4.74 Å². The molecule has 0 radical (unpaired) electrons. The molecule has 1 aliphatic heterocycles. The number of ether oxygens (including phenoxy) is 1. The van der Waals surface area contributed by atoms with Gasteiger partial charge in [-0.15, -0.1) is 0 Å². The Morgan fingerprint density at radius 1 is 1.22 bits per heavy atom. The number of hydrogen-bond acceptors (Lipinski definition) is 4. The number of likely N-dealkylation sites (tertiary alicyclic amines) is 1. The quantitative estimate of drug-likeness (QED) is 0.624. The van der Waals surface area contributed by atoms with Crippen molar-refractivity contribution in [1.29, 1.82) is 0 Å². The van der Waals surface area contributed by atoms with Crippen LogP contribution in [-0.2, 0) is 5.54 Å². The molecule has 0 atom stereocenters. The average molecular weight is 430 g/mol. The van der Waals surface area contributed by atoms with Gasteiger partial charge in [0.15, 0.2) is 0 Å². The first kappa shape index (κ1) is 22.0. The van der Waals surface area contributed by atoms with Gasteiger partial charge in [-0.25, -0.2) is 0 Å². The minimum Gasteiger partial charge on any atom is -0.497 e. The highest BCUT2D eigenvalue weighted by Gasteiger charge is 2.47. The molecule has 1 N–H and O–H groups in total. The van der Waals surface area contributed by atoms with Crippen molar-refractivity contribution in [1.82, 2.24) is 15.2 Å². The van der Waals surface area contributed by atoms with Gasteiger partial charge in [0.2, 0.25) is 0 Å². The molecule has 1 saturated carbocycles. The third-order valence-electron chi connectivity index (χ3n) is 6.37. The molecule has 1 aromatic heterocycles. The number of benzene rings is 2. The second-order valence-electron chi connectivity index (χ2n) is 8.72. The lowest BCUT2D eigenvalue weighted by Gasteiger charge is -2.24. The molecule has 166 valence electrons. The summed E-state index contributed by atoms with van der Waals surface area (Å²) in [6, 6.07) is 13.7. The fourth-order valence-corrected chi connectivity index (χ4v) is 4.04. The summed E-state index contributed by atoms with van der Waals surface area (Å²) < 4.78 is 5.28. The molecular formula is C27H31N3O2. The molecule has 5 heteroatoms. The van der Waals surface area contributed by atoms with Crippen molar-refractivity contribution in [3.05, 3.63) is 77.5 Å². The van der Waals surface area contributed by atoms with Gasteiger partial charge in [0, 0.05) is 17.1 Å². The molecule has 0 unspecified atom stereocenters. The molecule has 2 aromatic carbocycles. The van der Waals surface area contributed by atoms with E-state index in [1.165, 1.54) is 19.5 Å². The normalized spacial score (nSPS) is 16.3. The number of aryl methyl sites for hydroxylation is 1. The number of nitrogens with one attached hydrogen (secondary N) is 1. The number of methoxy groups -OCH3 is 1. The summed E-state index contributed by atoms with van der Waals surface area (Å²) in [7, 11) is 3.75. The van der Waals surface area contributed by atoms with Crippen molar-refractivity contribution in [3.8, 4) is 5.75 Å². The zero-order chi connectivity index (χ0) is 22.7. The Kier molecular flexibility index (Phi) is 6.28. The second kappa shape index (κ2) is 9.13. The van der Waals surface area contributed by atoms with Crippen LogP contribution >= 0.6 is 0 Å². The molecule has 1 saturated heterocycles. The van der Waals surface area contributed by atoms with E-state index in [0.29, 0.717) is 11.3 Å². The molecule has 32 heavy (non-hydrogen) atoms. The van der Waals surface area contributed by atoms with Crippen LogP contribution in [0, 0.1) is 6.92 Å². The summed E-state index contributed by atoms with van der Waals surface area (Å²) in [6.45, 7) is 8.47. The van der Waals surface area contributed by atoms with Gasteiger partial charge in [0.1, 0.15) is 5.75 Å². The van der Waals surface area contributed by atoms with Crippen molar-refractivity contribution in [2.24, 2.45) is 0 Å². The van der Waals surface area contributed by atoms with Crippen molar-refractivity contribution >= 4 is 22.9 Å². The second-order valence-corrected chi connectivity index (χ2v) is 8.72. The van der Waals surface area contributed by atoms with Gasteiger partial charge in [-0.2, -0.15) is 0 Å². The topological polar surface area (TPSA) is 54.5 Å². The van der Waals surface area contributed by atoms with Gasteiger partial charge in [0.25, 0.3) is 5.91 Å². The summed E-state index contributed by atoms with van der Waals surface area (Å²) in [4.78, 5) is 19.8.